The highest BCUT2D eigenvalue weighted by Gasteiger charge is 2.06. The summed E-state index contributed by atoms with van der Waals surface area (Å²) in [5.74, 6) is 0. The quantitative estimate of drug-likeness (QED) is 0.571. The van der Waals surface area contributed by atoms with Crippen LogP contribution in [0.3, 0.4) is 0 Å². The summed E-state index contributed by atoms with van der Waals surface area (Å²) in [6.07, 6.45) is 0. The first-order valence-electron chi connectivity index (χ1n) is 3.74. The van der Waals surface area contributed by atoms with Crippen molar-refractivity contribution in [3.05, 3.63) is 32.4 Å². The lowest BCUT2D eigenvalue weighted by atomic mass is 10.4. The monoisotopic (exact) mass is 224 g/mol. The number of hydrogen-bond donors (Lipinski definition) is 0. The molecule has 3 aromatic heterocycles. The van der Waals surface area contributed by atoms with Crippen molar-refractivity contribution in [2.45, 2.75) is 0 Å². The molecule has 0 saturated carbocycles. The van der Waals surface area contributed by atoms with Gasteiger partial charge < -0.3 is 0 Å². The molecule has 0 aromatic carbocycles. The minimum Gasteiger partial charge on any atom is -0.277 e. The summed E-state index contributed by atoms with van der Waals surface area (Å²) in [7, 11) is 0. The lowest BCUT2D eigenvalue weighted by molar-refractivity contribution is 1.99. The van der Waals surface area contributed by atoms with Crippen LogP contribution in [0.25, 0.3) is 19.5 Å². The molecule has 4 heteroatoms. The second-order valence-corrected chi connectivity index (χ2v) is 5.51. The summed E-state index contributed by atoms with van der Waals surface area (Å²) in [5.41, 5.74) is 0. The van der Waals surface area contributed by atoms with E-state index in [2.05, 4.69) is 0 Å². The van der Waals surface area contributed by atoms with Crippen molar-refractivity contribution in [1.29, 1.82) is 0 Å². The molecule has 0 bridgehead atoms. The van der Waals surface area contributed by atoms with E-state index >= 15 is 0 Å². The van der Waals surface area contributed by atoms with Crippen LogP contribution < -0.4 is 4.74 Å². The molecule has 0 atom stereocenters. The van der Waals surface area contributed by atoms with E-state index in [1.165, 1.54) is 16.0 Å². The van der Waals surface area contributed by atoms with Crippen LogP contribution in [0.1, 0.15) is 0 Å². The summed E-state index contributed by atoms with van der Waals surface area (Å²) < 4.78 is 3.70. The van der Waals surface area contributed by atoms with E-state index in [-0.39, 0.29) is 4.74 Å². The molecular formula is C9H4OS3. The lowest BCUT2D eigenvalue weighted by Crippen LogP contribution is -1.90. The van der Waals surface area contributed by atoms with E-state index in [1.807, 2.05) is 22.9 Å². The third-order valence-corrected chi connectivity index (χ3v) is 5.01. The fourth-order valence-corrected chi connectivity index (χ4v) is 4.51. The van der Waals surface area contributed by atoms with Gasteiger partial charge in [-0.1, -0.05) is 11.3 Å². The van der Waals surface area contributed by atoms with Crippen LogP contribution in [0.4, 0.5) is 0 Å². The minimum atomic E-state index is 0.183. The van der Waals surface area contributed by atoms with Crippen LogP contribution in [0.2, 0.25) is 0 Å². The third-order valence-electron chi connectivity index (χ3n) is 1.92. The molecule has 0 saturated heterocycles. The van der Waals surface area contributed by atoms with Crippen LogP contribution in [0.5, 0.6) is 0 Å². The first-order valence-corrected chi connectivity index (χ1v) is 6.31. The zero-order valence-electron chi connectivity index (χ0n) is 6.44. The molecule has 13 heavy (non-hydrogen) atoms. The van der Waals surface area contributed by atoms with Crippen molar-refractivity contribution in [3.63, 3.8) is 0 Å². The van der Waals surface area contributed by atoms with Gasteiger partial charge in [-0.05, 0) is 22.9 Å². The van der Waals surface area contributed by atoms with Gasteiger partial charge in [0, 0.05) is 0 Å². The Morgan fingerprint density at radius 2 is 1.77 bits per heavy atom. The summed E-state index contributed by atoms with van der Waals surface area (Å²) in [6.45, 7) is 0. The molecule has 0 radical (unpaired) electrons. The second-order valence-electron chi connectivity index (χ2n) is 2.67. The summed E-state index contributed by atoms with van der Waals surface area (Å²) in [4.78, 5) is 11.6. The Hall–Kier alpha value is -0.710. The number of rotatable bonds is 0. The Morgan fingerprint density at radius 1 is 1.00 bits per heavy atom. The summed E-state index contributed by atoms with van der Waals surface area (Å²) in [5, 5.41) is 4.91. The molecule has 1 nitrogen and oxygen atoms in total. The van der Waals surface area contributed by atoms with Gasteiger partial charge in [-0.15, -0.1) is 22.7 Å². The Labute approximate surface area is 85.9 Å². The van der Waals surface area contributed by atoms with E-state index < -0.39 is 0 Å². The van der Waals surface area contributed by atoms with Gasteiger partial charge in [-0.25, -0.2) is 0 Å². The van der Waals surface area contributed by atoms with Crippen molar-refractivity contribution >= 4 is 53.5 Å². The first-order chi connectivity index (χ1) is 6.36. The van der Waals surface area contributed by atoms with Gasteiger partial charge in [-0.3, -0.25) is 4.79 Å². The maximum absolute atomic E-state index is 11.6. The van der Waals surface area contributed by atoms with Crippen LogP contribution >= 0.6 is 34.0 Å². The fraction of sp³-hybridized carbons (Fsp3) is 0. The van der Waals surface area contributed by atoms with Crippen LogP contribution in [0, 0.1) is 0 Å². The molecule has 0 unspecified atom stereocenters. The van der Waals surface area contributed by atoms with Crippen molar-refractivity contribution in [2.24, 2.45) is 0 Å². The Morgan fingerprint density at radius 3 is 2.69 bits per heavy atom. The van der Waals surface area contributed by atoms with Gasteiger partial charge in [0.1, 0.15) is 0 Å². The third kappa shape index (κ3) is 0.995. The molecule has 3 rings (SSSR count). The van der Waals surface area contributed by atoms with Crippen molar-refractivity contribution in [1.82, 2.24) is 0 Å². The zero-order valence-corrected chi connectivity index (χ0v) is 8.89. The molecule has 0 fully saturated rings. The van der Waals surface area contributed by atoms with Crippen molar-refractivity contribution in [2.75, 3.05) is 0 Å². The van der Waals surface area contributed by atoms with Crippen LogP contribution in [-0.2, 0) is 0 Å². The molecular weight excluding hydrogens is 220 g/mol. The smallest absolute Gasteiger partial charge is 0.241 e. The highest BCUT2D eigenvalue weighted by Crippen LogP contribution is 2.32. The Kier molecular flexibility index (Phi) is 1.56. The molecule has 64 valence electrons. The summed E-state index contributed by atoms with van der Waals surface area (Å²) in [6, 6.07) is 3.93. The normalized spacial score (nSPS) is 11.4. The number of fused-ring (bicyclic) bond motifs is 3. The number of thiophene rings is 2. The molecule has 0 spiro atoms. The van der Waals surface area contributed by atoms with E-state index in [4.69, 9.17) is 0 Å². The van der Waals surface area contributed by atoms with Gasteiger partial charge in [0.05, 0.1) is 19.5 Å². The Bertz CT molecular complexity index is 629. The van der Waals surface area contributed by atoms with Gasteiger partial charge in [-0.2, -0.15) is 0 Å². The second kappa shape index (κ2) is 2.64. The molecule has 3 aromatic rings. The predicted molar refractivity (Wildman–Crippen MR) is 61.4 cm³/mol. The topological polar surface area (TPSA) is 17.1 Å². The van der Waals surface area contributed by atoms with Crippen LogP contribution in [-0.4, -0.2) is 0 Å². The lowest BCUT2D eigenvalue weighted by Gasteiger charge is -1.88. The molecule has 3 heterocycles. The van der Waals surface area contributed by atoms with Gasteiger partial charge >= 0.3 is 0 Å². The van der Waals surface area contributed by atoms with E-state index in [1.54, 1.807) is 22.7 Å². The van der Waals surface area contributed by atoms with E-state index in [9.17, 15) is 4.79 Å². The SMILES string of the molecule is O=c1sc2ccsc2c2sccc12. The van der Waals surface area contributed by atoms with Crippen LogP contribution in [0.15, 0.2) is 27.7 Å². The summed E-state index contributed by atoms with van der Waals surface area (Å²) >= 11 is 4.71. The highest BCUT2D eigenvalue weighted by molar-refractivity contribution is 7.30. The van der Waals surface area contributed by atoms with E-state index in [0.29, 0.717) is 0 Å². The largest absolute Gasteiger partial charge is 0.277 e. The highest BCUT2D eigenvalue weighted by atomic mass is 32.1. The molecule has 0 aliphatic heterocycles. The van der Waals surface area contributed by atoms with Gasteiger partial charge in [0.2, 0.25) is 4.74 Å². The fourth-order valence-electron chi connectivity index (χ4n) is 1.34. The molecule has 0 N–H and O–H groups in total. The average Bonchev–Trinajstić information content (AvgIpc) is 2.66. The molecule has 0 aliphatic carbocycles. The maximum Gasteiger partial charge on any atom is 0.241 e. The minimum absolute atomic E-state index is 0.183. The van der Waals surface area contributed by atoms with Gasteiger partial charge in [0.15, 0.2) is 0 Å². The van der Waals surface area contributed by atoms with E-state index in [0.717, 1.165) is 14.8 Å². The van der Waals surface area contributed by atoms with Gasteiger partial charge in [0.25, 0.3) is 0 Å². The molecule has 0 amide bonds. The number of hydrogen-bond acceptors (Lipinski definition) is 4. The van der Waals surface area contributed by atoms with Crippen molar-refractivity contribution in [3.8, 4) is 0 Å². The Balaban J connectivity index is 2.79. The standard InChI is InChI=1S/C9H4OS3/c10-9-5-1-3-11-7(5)8-6(13-9)2-4-12-8/h1-4H. The zero-order chi connectivity index (χ0) is 8.84. The van der Waals surface area contributed by atoms with Crippen molar-refractivity contribution < 1.29 is 0 Å². The average molecular weight is 224 g/mol. The molecule has 0 aliphatic rings. The maximum atomic E-state index is 11.6. The predicted octanol–water partition coefficient (Wildman–Crippen LogP) is 3.54. The first kappa shape index (κ1) is 7.67.